The monoisotopic (exact) mass is 310 g/mol. The Bertz CT molecular complexity index is 864. The van der Waals surface area contributed by atoms with E-state index in [1.54, 1.807) is 0 Å². The molecule has 0 fully saturated rings. The number of H-pyrrole nitrogens is 1. The van der Waals surface area contributed by atoms with Crippen LogP contribution in [0.25, 0.3) is 11.2 Å². The van der Waals surface area contributed by atoms with Crippen molar-refractivity contribution >= 4 is 38.7 Å². The number of aromatic amines is 1. The molecule has 0 radical (unpaired) electrons. The van der Waals surface area contributed by atoms with Gasteiger partial charge < -0.3 is 4.98 Å². The van der Waals surface area contributed by atoms with Crippen LogP contribution < -0.4 is 4.72 Å². The molecule has 0 unspecified atom stereocenters. The highest BCUT2D eigenvalue weighted by Crippen LogP contribution is 2.20. The molecular weight excluding hydrogens is 304 g/mol. The maximum atomic E-state index is 12.1. The molecule has 0 bridgehead atoms. The summed E-state index contributed by atoms with van der Waals surface area (Å²) < 4.78 is 26.4. The molecule has 0 aliphatic rings. The van der Waals surface area contributed by atoms with Crippen LogP contribution in [0.15, 0.2) is 35.7 Å². The number of rotatable bonds is 3. The largest absolute Gasteiger partial charge is 0.341 e. The maximum Gasteiger partial charge on any atom is 0.265 e. The molecule has 102 valence electrons. The van der Waals surface area contributed by atoms with Gasteiger partial charge in [-0.2, -0.15) is 9.97 Å². The quantitative estimate of drug-likeness (QED) is 0.703. The number of imidazole rings is 1. The van der Waals surface area contributed by atoms with Gasteiger partial charge in [0.2, 0.25) is 5.95 Å². The zero-order valence-electron chi connectivity index (χ0n) is 9.78. The molecule has 0 aromatic carbocycles. The Balaban J connectivity index is 2.01. The van der Waals surface area contributed by atoms with E-state index < -0.39 is 10.0 Å². The van der Waals surface area contributed by atoms with Gasteiger partial charge in [0.1, 0.15) is 10.4 Å². The number of hydrogen-bond donors (Lipinski definition) is 2. The van der Waals surface area contributed by atoms with Gasteiger partial charge in [-0.1, -0.05) is 11.6 Å². The highest BCUT2D eigenvalue weighted by molar-refractivity contribution is 7.92. The van der Waals surface area contributed by atoms with Gasteiger partial charge in [0, 0.05) is 12.4 Å². The summed E-state index contributed by atoms with van der Waals surface area (Å²) in [6.07, 6.45) is 4.09. The molecule has 3 aromatic heterocycles. The van der Waals surface area contributed by atoms with Gasteiger partial charge in [0.05, 0.1) is 6.33 Å². The first-order chi connectivity index (χ1) is 9.56. The molecule has 3 aromatic rings. The Morgan fingerprint density at radius 3 is 2.90 bits per heavy atom. The summed E-state index contributed by atoms with van der Waals surface area (Å²) in [6.45, 7) is 0. The van der Waals surface area contributed by atoms with E-state index in [0.717, 1.165) is 0 Å². The van der Waals surface area contributed by atoms with E-state index >= 15 is 0 Å². The van der Waals surface area contributed by atoms with E-state index in [1.807, 2.05) is 0 Å². The molecule has 0 atom stereocenters. The molecule has 0 aliphatic carbocycles. The molecule has 0 amide bonds. The number of fused-ring (bicyclic) bond motifs is 1. The predicted molar refractivity (Wildman–Crippen MR) is 71.7 cm³/mol. The number of halogens is 1. The summed E-state index contributed by atoms with van der Waals surface area (Å²) in [5.74, 6) is -0.154. The average Bonchev–Trinajstić information content (AvgIpc) is 2.88. The molecular formula is C10H7ClN6O2S. The molecule has 20 heavy (non-hydrogen) atoms. The summed E-state index contributed by atoms with van der Waals surface area (Å²) in [4.78, 5) is 18.2. The van der Waals surface area contributed by atoms with Crippen molar-refractivity contribution in [1.29, 1.82) is 0 Å². The zero-order chi connectivity index (χ0) is 14.2. The third-order valence-electron chi connectivity index (χ3n) is 2.41. The normalized spacial score (nSPS) is 11.7. The smallest absolute Gasteiger partial charge is 0.265 e. The van der Waals surface area contributed by atoms with Crippen molar-refractivity contribution in [2.24, 2.45) is 0 Å². The second-order valence-electron chi connectivity index (χ2n) is 3.73. The van der Waals surface area contributed by atoms with Crippen LogP contribution in [0.3, 0.4) is 0 Å². The molecule has 8 nitrogen and oxygen atoms in total. The lowest BCUT2D eigenvalue weighted by molar-refractivity contribution is 0.600. The summed E-state index contributed by atoms with van der Waals surface area (Å²) in [7, 11) is -3.82. The Morgan fingerprint density at radius 2 is 2.15 bits per heavy atom. The number of hydrogen-bond acceptors (Lipinski definition) is 6. The van der Waals surface area contributed by atoms with Crippen LogP contribution in [0.2, 0.25) is 5.15 Å². The van der Waals surface area contributed by atoms with Gasteiger partial charge in [0.15, 0.2) is 10.8 Å². The first-order valence-electron chi connectivity index (χ1n) is 5.36. The molecule has 3 rings (SSSR count). The fraction of sp³-hybridized carbons (Fsp3) is 0. The molecule has 2 N–H and O–H groups in total. The minimum atomic E-state index is -3.82. The van der Waals surface area contributed by atoms with E-state index in [2.05, 4.69) is 29.6 Å². The molecule has 0 saturated heterocycles. The second-order valence-corrected chi connectivity index (χ2v) is 5.77. The lowest BCUT2D eigenvalue weighted by atomic mass is 10.5. The lowest BCUT2D eigenvalue weighted by Crippen LogP contribution is -2.15. The first-order valence-corrected chi connectivity index (χ1v) is 7.22. The minimum absolute atomic E-state index is 0.00171. The molecule has 10 heteroatoms. The van der Waals surface area contributed by atoms with Crippen molar-refractivity contribution in [3.63, 3.8) is 0 Å². The molecule has 0 spiro atoms. The third-order valence-corrected chi connectivity index (χ3v) is 4.00. The van der Waals surface area contributed by atoms with Crippen molar-refractivity contribution in [2.75, 3.05) is 4.72 Å². The molecule has 3 heterocycles. The Kier molecular flexibility index (Phi) is 2.99. The fourth-order valence-electron chi connectivity index (χ4n) is 1.53. The Hall–Kier alpha value is -2.26. The standard InChI is InChI=1S/C10H7ClN6O2S/c11-8-7-9(14-5-13-7)16-10(15-8)17-20(18,19)6-2-1-3-12-4-6/h1-5H,(H2,13,14,15,16,17). The van der Waals surface area contributed by atoms with Crippen LogP contribution in [-0.2, 0) is 10.0 Å². The van der Waals surface area contributed by atoms with Crippen LogP contribution in [0, 0.1) is 0 Å². The average molecular weight is 311 g/mol. The highest BCUT2D eigenvalue weighted by atomic mass is 35.5. The van der Waals surface area contributed by atoms with Crippen molar-refractivity contribution in [3.8, 4) is 0 Å². The fourth-order valence-corrected chi connectivity index (χ4v) is 2.65. The van der Waals surface area contributed by atoms with Crippen LogP contribution in [0.4, 0.5) is 5.95 Å². The van der Waals surface area contributed by atoms with Crippen molar-refractivity contribution in [3.05, 3.63) is 36.0 Å². The van der Waals surface area contributed by atoms with Gasteiger partial charge >= 0.3 is 0 Å². The van der Waals surface area contributed by atoms with Crippen molar-refractivity contribution < 1.29 is 8.42 Å². The first kappa shape index (κ1) is 12.8. The number of anilines is 1. The SMILES string of the molecule is O=S(=O)(Nc1nc(Cl)c2[nH]cnc2n1)c1cccnc1. The highest BCUT2D eigenvalue weighted by Gasteiger charge is 2.17. The van der Waals surface area contributed by atoms with Crippen molar-refractivity contribution in [2.45, 2.75) is 4.90 Å². The molecule has 0 aliphatic heterocycles. The van der Waals surface area contributed by atoms with E-state index in [0.29, 0.717) is 5.52 Å². The van der Waals surface area contributed by atoms with Gasteiger partial charge in [-0.3, -0.25) is 4.98 Å². The Labute approximate surface area is 118 Å². The minimum Gasteiger partial charge on any atom is -0.341 e. The second kappa shape index (κ2) is 4.69. The van der Waals surface area contributed by atoms with Crippen LogP contribution in [0.5, 0.6) is 0 Å². The van der Waals surface area contributed by atoms with Gasteiger partial charge in [-0.15, -0.1) is 0 Å². The number of nitrogens with zero attached hydrogens (tertiary/aromatic N) is 4. The summed E-state index contributed by atoms with van der Waals surface area (Å²) in [6, 6.07) is 2.92. The van der Waals surface area contributed by atoms with E-state index in [4.69, 9.17) is 11.6 Å². The number of pyridine rings is 1. The van der Waals surface area contributed by atoms with E-state index in [1.165, 1.54) is 30.9 Å². The van der Waals surface area contributed by atoms with Gasteiger partial charge in [-0.05, 0) is 12.1 Å². The van der Waals surface area contributed by atoms with Crippen LogP contribution >= 0.6 is 11.6 Å². The topological polar surface area (TPSA) is 114 Å². The number of sulfonamides is 1. The predicted octanol–water partition coefficient (Wildman–Crippen LogP) is 1.20. The Morgan fingerprint density at radius 1 is 1.30 bits per heavy atom. The third kappa shape index (κ3) is 2.28. The van der Waals surface area contributed by atoms with E-state index in [9.17, 15) is 8.42 Å². The maximum absolute atomic E-state index is 12.1. The zero-order valence-corrected chi connectivity index (χ0v) is 11.4. The summed E-state index contributed by atoms with van der Waals surface area (Å²) in [5, 5.41) is 0.0800. The lowest BCUT2D eigenvalue weighted by Gasteiger charge is -2.06. The number of nitrogens with one attached hydrogen (secondary N) is 2. The van der Waals surface area contributed by atoms with Crippen LogP contribution in [-0.4, -0.2) is 33.3 Å². The van der Waals surface area contributed by atoms with Gasteiger partial charge in [-0.25, -0.2) is 18.1 Å². The summed E-state index contributed by atoms with van der Waals surface area (Å²) in [5.41, 5.74) is 0.713. The van der Waals surface area contributed by atoms with Gasteiger partial charge in [0.25, 0.3) is 10.0 Å². The van der Waals surface area contributed by atoms with E-state index in [-0.39, 0.29) is 21.6 Å². The number of aromatic nitrogens is 5. The van der Waals surface area contributed by atoms with Crippen molar-refractivity contribution in [1.82, 2.24) is 24.9 Å². The summed E-state index contributed by atoms with van der Waals surface area (Å²) >= 11 is 5.91. The van der Waals surface area contributed by atoms with Crippen LogP contribution in [0.1, 0.15) is 0 Å². The molecule has 0 saturated carbocycles.